The molecule has 118 valence electrons. The van der Waals surface area contributed by atoms with Crippen LogP contribution in [0.2, 0.25) is 0 Å². The van der Waals surface area contributed by atoms with Crippen LogP contribution < -0.4 is 10.6 Å². The van der Waals surface area contributed by atoms with E-state index < -0.39 is 0 Å². The number of carbonyl (C=O) groups excluding carboxylic acids is 1. The molecule has 6 heteroatoms. The summed E-state index contributed by atoms with van der Waals surface area (Å²) in [4.78, 5) is 11.7. The zero-order valence-corrected chi connectivity index (χ0v) is 13.1. The minimum atomic E-state index is -0.179. The van der Waals surface area contributed by atoms with Gasteiger partial charge < -0.3 is 15.7 Å². The fourth-order valence-corrected chi connectivity index (χ4v) is 2.56. The number of aryl methyl sites for hydroxylation is 2. The lowest BCUT2D eigenvalue weighted by molar-refractivity contribution is 0.0948. The summed E-state index contributed by atoms with van der Waals surface area (Å²) in [6.45, 7) is 7.04. The first-order chi connectivity index (χ1) is 10.5. The zero-order chi connectivity index (χ0) is 16.1. The van der Waals surface area contributed by atoms with Crippen LogP contribution in [0.4, 0.5) is 0 Å². The molecular weight excluding hydrogens is 280 g/mol. The maximum Gasteiger partial charge on any atom is 0.269 e. The summed E-state index contributed by atoms with van der Waals surface area (Å²) in [5.74, 6) is 0.125. The van der Waals surface area contributed by atoms with Gasteiger partial charge >= 0.3 is 0 Å². The molecule has 0 saturated heterocycles. The Labute approximate surface area is 129 Å². The third-order valence-corrected chi connectivity index (χ3v) is 3.55. The second kappa shape index (κ2) is 7.09. The Kier molecular flexibility index (Phi) is 5.16. The van der Waals surface area contributed by atoms with Gasteiger partial charge in [-0.3, -0.25) is 9.89 Å². The van der Waals surface area contributed by atoms with Crippen LogP contribution in [-0.2, 0) is 0 Å². The van der Waals surface area contributed by atoms with Crippen molar-refractivity contribution in [2.45, 2.75) is 26.8 Å². The van der Waals surface area contributed by atoms with Gasteiger partial charge in [-0.2, -0.15) is 5.10 Å². The predicted octanol–water partition coefficient (Wildman–Crippen LogP) is 1.81. The van der Waals surface area contributed by atoms with Gasteiger partial charge in [0.2, 0.25) is 0 Å². The average molecular weight is 302 g/mol. The second-order valence-corrected chi connectivity index (χ2v) is 5.42. The Hall–Kier alpha value is -2.34. The number of aromatic hydroxyl groups is 1. The van der Waals surface area contributed by atoms with E-state index in [1.165, 1.54) is 6.20 Å². The van der Waals surface area contributed by atoms with E-state index in [0.717, 1.165) is 16.7 Å². The number of aromatic amines is 1. The molecule has 1 heterocycles. The van der Waals surface area contributed by atoms with Crippen LogP contribution in [0.3, 0.4) is 0 Å². The molecule has 6 nitrogen and oxygen atoms in total. The molecule has 2 aromatic rings. The van der Waals surface area contributed by atoms with Crippen LogP contribution in [0.1, 0.15) is 40.1 Å². The van der Waals surface area contributed by atoms with Crippen molar-refractivity contribution in [1.29, 1.82) is 0 Å². The number of amides is 1. The third kappa shape index (κ3) is 3.85. The summed E-state index contributed by atoms with van der Waals surface area (Å²) >= 11 is 0. The summed E-state index contributed by atoms with van der Waals surface area (Å²) in [5.41, 5.74) is 3.43. The maximum atomic E-state index is 11.7. The van der Waals surface area contributed by atoms with E-state index in [1.807, 2.05) is 26.8 Å². The first-order valence-electron chi connectivity index (χ1n) is 7.30. The van der Waals surface area contributed by atoms with E-state index in [1.54, 1.807) is 12.1 Å². The number of nitrogens with zero attached hydrogens (tertiary/aromatic N) is 1. The molecule has 22 heavy (non-hydrogen) atoms. The Morgan fingerprint density at radius 2 is 2.14 bits per heavy atom. The number of carbonyl (C=O) groups is 1. The van der Waals surface area contributed by atoms with Gasteiger partial charge in [0, 0.05) is 30.9 Å². The van der Waals surface area contributed by atoms with Crippen molar-refractivity contribution in [3.63, 3.8) is 0 Å². The van der Waals surface area contributed by atoms with Crippen LogP contribution >= 0.6 is 0 Å². The molecule has 0 bridgehead atoms. The molecule has 2 rings (SSSR count). The number of aromatic nitrogens is 2. The summed E-state index contributed by atoms with van der Waals surface area (Å²) in [5, 5.41) is 22.5. The number of nitrogens with one attached hydrogen (secondary N) is 3. The van der Waals surface area contributed by atoms with E-state index in [0.29, 0.717) is 24.5 Å². The number of benzene rings is 1. The van der Waals surface area contributed by atoms with Crippen LogP contribution in [0.15, 0.2) is 24.4 Å². The Bertz CT molecular complexity index is 615. The molecule has 1 atom stereocenters. The molecule has 4 N–H and O–H groups in total. The monoisotopic (exact) mass is 302 g/mol. The van der Waals surface area contributed by atoms with Crippen molar-refractivity contribution in [2.24, 2.45) is 0 Å². The van der Waals surface area contributed by atoms with Gasteiger partial charge in [0.1, 0.15) is 11.4 Å². The van der Waals surface area contributed by atoms with Crippen molar-refractivity contribution in [3.05, 3.63) is 46.8 Å². The molecule has 1 aromatic heterocycles. The standard InChI is InChI=1S/C16H22N4O2/c1-10-8-11(2)15(14(21)9-10)12(3)17-6-7-18-16(22)13-4-5-19-20-13/h4-5,8-9,12,17,21H,6-7H2,1-3H3,(H,18,22)(H,19,20)/t12-/m0/s1. The topological polar surface area (TPSA) is 90.0 Å². The highest BCUT2D eigenvalue weighted by Gasteiger charge is 2.13. The smallest absolute Gasteiger partial charge is 0.269 e. The third-order valence-electron chi connectivity index (χ3n) is 3.55. The van der Waals surface area contributed by atoms with Gasteiger partial charge in [0.05, 0.1) is 0 Å². The van der Waals surface area contributed by atoms with Gasteiger partial charge in [0.25, 0.3) is 5.91 Å². The van der Waals surface area contributed by atoms with Crippen LogP contribution in [0.5, 0.6) is 5.75 Å². The zero-order valence-electron chi connectivity index (χ0n) is 13.1. The van der Waals surface area contributed by atoms with Crippen molar-refractivity contribution in [1.82, 2.24) is 20.8 Å². The van der Waals surface area contributed by atoms with Gasteiger partial charge in [-0.25, -0.2) is 0 Å². The summed E-state index contributed by atoms with van der Waals surface area (Å²) < 4.78 is 0. The van der Waals surface area contributed by atoms with E-state index in [4.69, 9.17) is 0 Å². The van der Waals surface area contributed by atoms with Crippen molar-refractivity contribution in [3.8, 4) is 5.75 Å². The first kappa shape index (κ1) is 16.0. The molecule has 0 fully saturated rings. The summed E-state index contributed by atoms with van der Waals surface area (Å²) in [6, 6.07) is 5.44. The van der Waals surface area contributed by atoms with Gasteiger partial charge in [-0.1, -0.05) is 6.07 Å². The van der Waals surface area contributed by atoms with E-state index >= 15 is 0 Å². The molecular formula is C16H22N4O2. The molecule has 0 aliphatic rings. The fraction of sp³-hybridized carbons (Fsp3) is 0.375. The number of hydrogen-bond acceptors (Lipinski definition) is 4. The number of phenols is 1. The average Bonchev–Trinajstić information content (AvgIpc) is 2.96. The Morgan fingerprint density at radius 3 is 2.77 bits per heavy atom. The number of H-pyrrole nitrogens is 1. The molecule has 1 amide bonds. The lowest BCUT2D eigenvalue weighted by atomic mass is 9.99. The van der Waals surface area contributed by atoms with Crippen molar-refractivity contribution >= 4 is 5.91 Å². The molecule has 1 aromatic carbocycles. The molecule has 0 radical (unpaired) electrons. The van der Waals surface area contributed by atoms with Gasteiger partial charge in [-0.05, 0) is 44.0 Å². The van der Waals surface area contributed by atoms with Crippen LogP contribution in [0, 0.1) is 13.8 Å². The van der Waals surface area contributed by atoms with Crippen LogP contribution in [-0.4, -0.2) is 34.3 Å². The number of phenolic OH excluding ortho intramolecular Hbond substituents is 1. The Balaban J connectivity index is 1.83. The lowest BCUT2D eigenvalue weighted by Gasteiger charge is -2.18. The highest BCUT2D eigenvalue weighted by atomic mass is 16.3. The fourth-order valence-electron chi connectivity index (χ4n) is 2.56. The number of rotatable bonds is 6. The highest BCUT2D eigenvalue weighted by Crippen LogP contribution is 2.28. The molecule has 0 spiro atoms. The second-order valence-electron chi connectivity index (χ2n) is 5.42. The van der Waals surface area contributed by atoms with Crippen molar-refractivity contribution < 1.29 is 9.90 Å². The minimum Gasteiger partial charge on any atom is -0.508 e. The molecule has 0 unspecified atom stereocenters. The lowest BCUT2D eigenvalue weighted by Crippen LogP contribution is -2.33. The van der Waals surface area contributed by atoms with Gasteiger partial charge in [0.15, 0.2) is 0 Å². The van der Waals surface area contributed by atoms with E-state index in [-0.39, 0.29) is 11.9 Å². The maximum absolute atomic E-state index is 11.7. The molecule has 0 saturated carbocycles. The largest absolute Gasteiger partial charge is 0.508 e. The summed E-state index contributed by atoms with van der Waals surface area (Å²) in [6.07, 6.45) is 1.54. The minimum absolute atomic E-state index is 0.00431. The van der Waals surface area contributed by atoms with Crippen LogP contribution in [0.25, 0.3) is 0 Å². The first-order valence-corrected chi connectivity index (χ1v) is 7.30. The number of hydrogen-bond donors (Lipinski definition) is 4. The van der Waals surface area contributed by atoms with Gasteiger partial charge in [-0.15, -0.1) is 0 Å². The van der Waals surface area contributed by atoms with E-state index in [2.05, 4.69) is 20.8 Å². The predicted molar refractivity (Wildman–Crippen MR) is 84.9 cm³/mol. The summed E-state index contributed by atoms with van der Waals surface area (Å²) in [7, 11) is 0. The molecule has 0 aliphatic heterocycles. The SMILES string of the molecule is Cc1cc(C)c([C@H](C)NCCNC(=O)c2ccn[nH]2)c(O)c1. The van der Waals surface area contributed by atoms with E-state index in [9.17, 15) is 9.90 Å². The molecule has 0 aliphatic carbocycles. The normalized spacial score (nSPS) is 12.1. The quantitative estimate of drug-likeness (QED) is 0.613. The van der Waals surface area contributed by atoms with Crippen molar-refractivity contribution in [2.75, 3.05) is 13.1 Å². The highest BCUT2D eigenvalue weighted by molar-refractivity contribution is 5.92. The Morgan fingerprint density at radius 1 is 1.36 bits per heavy atom.